The van der Waals surface area contributed by atoms with Crippen molar-refractivity contribution >= 4 is 32.3 Å². The Balaban J connectivity index is 1.28. The second-order valence-corrected chi connectivity index (χ2v) is 12.0. The highest BCUT2D eigenvalue weighted by molar-refractivity contribution is 6.25. The first-order valence-corrected chi connectivity index (χ1v) is 15.3. The number of hydrogen-bond acceptors (Lipinski definition) is 0. The van der Waals surface area contributed by atoms with Gasteiger partial charge in [-0.05, 0) is 121 Å². The fourth-order valence-corrected chi connectivity index (χ4v) is 6.59. The van der Waals surface area contributed by atoms with Crippen LogP contribution < -0.4 is 0 Å². The molecule has 0 aromatic heterocycles. The van der Waals surface area contributed by atoms with E-state index in [9.17, 15) is 0 Å². The van der Waals surface area contributed by atoms with Crippen LogP contribution in [0, 0.1) is 13.8 Å². The minimum Gasteiger partial charge on any atom is -0.0616 e. The van der Waals surface area contributed by atoms with Gasteiger partial charge in [0.2, 0.25) is 0 Å². The van der Waals surface area contributed by atoms with Gasteiger partial charge in [-0.15, -0.1) is 0 Å². The Hall–Kier alpha value is -5.46. The van der Waals surface area contributed by atoms with E-state index in [1.165, 1.54) is 88.0 Å². The summed E-state index contributed by atoms with van der Waals surface area (Å²) < 4.78 is 0. The number of rotatable bonds is 4. The van der Waals surface area contributed by atoms with Gasteiger partial charge in [0.05, 0.1) is 0 Å². The summed E-state index contributed by atoms with van der Waals surface area (Å²) in [5.41, 5.74) is 12.4. The molecule has 0 spiro atoms. The van der Waals surface area contributed by atoms with Crippen LogP contribution >= 0.6 is 0 Å². The molecule has 208 valence electrons. The normalized spacial score (nSPS) is 11.4. The van der Waals surface area contributed by atoms with Gasteiger partial charge in [-0.2, -0.15) is 0 Å². The molecule has 0 fully saturated rings. The van der Waals surface area contributed by atoms with Crippen molar-refractivity contribution in [3.05, 3.63) is 169 Å². The van der Waals surface area contributed by atoms with Crippen LogP contribution in [0.25, 0.3) is 76.8 Å². The van der Waals surface area contributed by atoms with E-state index in [1.54, 1.807) is 0 Å². The van der Waals surface area contributed by atoms with Gasteiger partial charge >= 0.3 is 0 Å². The summed E-state index contributed by atoms with van der Waals surface area (Å²) >= 11 is 0. The SMILES string of the molecule is Cc1ccc(-c2cc(-c3ccc(C)cc3)cc(-c3cccc(-c4ccc5c6ccccc6c6ccccc6c5c4)c3)c2)cc1. The zero-order valence-corrected chi connectivity index (χ0v) is 25.0. The Bertz CT molecular complexity index is 2220. The smallest absolute Gasteiger partial charge is 0.00928 e. The largest absolute Gasteiger partial charge is 0.0616 e. The summed E-state index contributed by atoms with van der Waals surface area (Å²) in [7, 11) is 0. The molecule has 0 bridgehead atoms. The van der Waals surface area contributed by atoms with Crippen molar-refractivity contribution in [1.29, 1.82) is 0 Å². The molecule has 0 saturated heterocycles. The summed E-state index contributed by atoms with van der Waals surface area (Å²) in [6.07, 6.45) is 0. The summed E-state index contributed by atoms with van der Waals surface area (Å²) in [5.74, 6) is 0. The Labute approximate surface area is 258 Å². The highest BCUT2D eigenvalue weighted by atomic mass is 14.2. The van der Waals surface area contributed by atoms with Crippen LogP contribution in [0.4, 0.5) is 0 Å². The molecular weight excluding hydrogens is 528 g/mol. The van der Waals surface area contributed by atoms with Crippen LogP contribution in [0.1, 0.15) is 11.1 Å². The zero-order chi connectivity index (χ0) is 29.6. The van der Waals surface area contributed by atoms with Crippen molar-refractivity contribution in [1.82, 2.24) is 0 Å². The standard InChI is InChI=1S/C44H32/c1-29-14-18-31(19-15-29)36-25-37(32-20-16-30(2)17-21-32)27-38(26-36)34-9-7-8-33(24-34)35-22-23-43-41-12-4-3-10-39(41)40-11-5-6-13-42(40)44(43)28-35/h3-28H,1-2H3. The third kappa shape index (κ3) is 4.66. The molecule has 0 radical (unpaired) electrons. The highest BCUT2D eigenvalue weighted by Crippen LogP contribution is 2.38. The maximum absolute atomic E-state index is 2.38. The van der Waals surface area contributed by atoms with Crippen LogP contribution in [-0.2, 0) is 0 Å². The monoisotopic (exact) mass is 560 g/mol. The fourth-order valence-electron chi connectivity index (χ4n) is 6.59. The average Bonchev–Trinajstić information content (AvgIpc) is 3.09. The predicted molar refractivity (Wildman–Crippen MR) is 190 cm³/mol. The van der Waals surface area contributed by atoms with Gasteiger partial charge < -0.3 is 0 Å². The zero-order valence-electron chi connectivity index (χ0n) is 25.0. The third-order valence-electron chi connectivity index (χ3n) is 8.98. The molecule has 0 aliphatic rings. The maximum atomic E-state index is 2.38. The maximum Gasteiger partial charge on any atom is -0.00928 e. The summed E-state index contributed by atoms with van der Waals surface area (Å²) in [5, 5.41) is 7.81. The van der Waals surface area contributed by atoms with Gasteiger partial charge in [-0.1, -0.05) is 139 Å². The van der Waals surface area contributed by atoms with Crippen molar-refractivity contribution in [2.24, 2.45) is 0 Å². The Kier molecular flexibility index (Phi) is 6.35. The van der Waals surface area contributed by atoms with Gasteiger partial charge in [-0.25, -0.2) is 0 Å². The highest BCUT2D eigenvalue weighted by Gasteiger charge is 2.12. The van der Waals surface area contributed by atoms with E-state index >= 15 is 0 Å². The lowest BCUT2D eigenvalue weighted by Gasteiger charge is -2.14. The average molecular weight is 561 g/mol. The van der Waals surface area contributed by atoms with Crippen molar-refractivity contribution in [3.8, 4) is 44.5 Å². The molecule has 0 atom stereocenters. The third-order valence-corrected chi connectivity index (χ3v) is 8.98. The first-order valence-electron chi connectivity index (χ1n) is 15.3. The van der Waals surface area contributed by atoms with E-state index < -0.39 is 0 Å². The molecule has 0 saturated carbocycles. The van der Waals surface area contributed by atoms with E-state index in [1.807, 2.05) is 0 Å². The Morgan fingerprint density at radius 1 is 0.227 bits per heavy atom. The molecule has 8 aromatic rings. The molecule has 8 rings (SSSR count). The molecule has 0 heteroatoms. The van der Waals surface area contributed by atoms with Crippen LogP contribution in [0.3, 0.4) is 0 Å². The van der Waals surface area contributed by atoms with E-state index in [-0.39, 0.29) is 0 Å². The fraction of sp³-hybridized carbons (Fsp3) is 0.0455. The van der Waals surface area contributed by atoms with Crippen molar-refractivity contribution in [3.63, 3.8) is 0 Å². The van der Waals surface area contributed by atoms with Crippen LogP contribution in [0.2, 0.25) is 0 Å². The van der Waals surface area contributed by atoms with Gasteiger partial charge in [0, 0.05) is 0 Å². The number of aryl methyl sites for hydroxylation is 2. The molecule has 0 aliphatic heterocycles. The van der Waals surface area contributed by atoms with Crippen LogP contribution in [0.5, 0.6) is 0 Å². The van der Waals surface area contributed by atoms with E-state index in [0.717, 1.165) is 0 Å². The number of fused-ring (bicyclic) bond motifs is 6. The van der Waals surface area contributed by atoms with Gasteiger partial charge in [0.25, 0.3) is 0 Å². The lowest BCUT2D eigenvalue weighted by Crippen LogP contribution is -1.88. The van der Waals surface area contributed by atoms with Crippen molar-refractivity contribution in [2.75, 3.05) is 0 Å². The summed E-state index contributed by atoms with van der Waals surface area (Å²) in [6.45, 7) is 4.28. The molecule has 0 nitrogen and oxygen atoms in total. The molecule has 0 unspecified atom stereocenters. The topological polar surface area (TPSA) is 0 Å². The molecule has 0 amide bonds. The Morgan fingerprint density at radius 3 is 1.07 bits per heavy atom. The van der Waals surface area contributed by atoms with Crippen LogP contribution in [0.15, 0.2) is 158 Å². The minimum atomic E-state index is 1.22. The lowest BCUT2D eigenvalue weighted by atomic mass is 9.90. The summed E-state index contributed by atoms with van der Waals surface area (Å²) in [4.78, 5) is 0. The second kappa shape index (κ2) is 10.7. The van der Waals surface area contributed by atoms with Crippen molar-refractivity contribution in [2.45, 2.75) is 13.8 Å². The van der Waals surface area contributed by atoms with Crippen molar-refractivity contribution < 1.29 is 0 Å². The molecule has 44 heavy (non-hydrogen) atoms. The van der Waals surface area contributed by atoms with E-state index in [2.05, 4.69) is 172 Å². The first kappa shape index (κ1) is 26.2. The number of benzene rings is 8. The van der Waals surface area contributed by atoms with Gasteiger partial charge in [0.1, 0.15) is 0 Å². The summed E-state index contributed by atoms with van der Waals surface area (Å²) in [6, 6.07) is 58.2. The first-order chi connectivity index (χ1) is 21.6. The molecule has 0 heterocycles. The quantitative estimate of drug-likeness (QED) is 0.188. The molecular formula is C44H32. The van der Waals surface area contributed by atoms with E-state index in [0.29, 0.717) is 0 Å². The number of hydrogen-bond donors (Lipinski definition) is 0. The van der Waals surface area contributed by atoms with Gasteiger partial charge in [0.15, 0.2) is 0 Å². The Morgan fingerprint density at radius 2 is 0.568 bits per heavy atom. The molecule has 0 aliphatic carbocycles. The van der Waals surface area contributed by atoms with Gasteiger partial charge in [-0.3, -0.25) is 0 Å². The minimum absolute atomic E-state index is 1.22. The predicted octanol–water partition coefficient (Wildman–Crippen LogP) is 12.4. The molecule has 8 aromatic carbocycles. The molecule has 0 N–H and O–H groups in total. The lowest BCUT2D eigenvalue weighted by molar-refractivity contribution is 1.46. The van der Waals surface area contributed by atoms with E-state index in [4.69, 9.17) is 0 Å². The van der Waals surface area contributed by atoms with Crippen LogP contribution in [-0.4, -0.2) is 0 Å². The second-order valence-electron chi connectivity index (χ2n) is 12.0.